The Morgan fingerprint density at radius 2 is 2.21 bits per heavy atom. The van der Waals surface area contributed by atoms with Crippen LogP contribution in [-0.4, -0.2) is 9.97 Å². The highest BCUT2D eigenvalue weighted by molar-refractivity contribution is 9.10. The monoisotopic (exact) mass is 335 g/mol. The van der Waals surface area contributed by atoms with Crippen LogP contribution in [0.2, 0.25) is 0 Å². The van der Waals surface area contributed by atoms with E-state index in [0.717, 1.165) is 22.3 Å². The number of benzene rings is 1. The van der Waals surface area contributed by atoms with Gasteiger partial charge in [0.15, 0.2) is 0 Å². The van der Waals surface area contributed by atoms with Gasteiger partial charge in [0.2, 0.25) is 0 Å². The van der Waals surface area contributed by atoms with Gasteiger partial charge < -0.3 is 11.1 Å². The molecule has 0 bridgehead atoms. The zero-order chi connectivity index (χ0) is 13.8. The molecule has 0 radical (unpaired) electrons. The van der Waals surface area contributed by atoms with Crippen LogP contribution in [0, 0.1) is 6.92 Å². The fourth-order valence-electron chi connectivity index (χ4n) is 1.70. The van der Waals surface area contributed by atoms with Gasteiger partial charge in [-0.1, -0.05) is 12.2 Å². The van der Waals surface area contributed by atoms with E-state index in [1.165, 1.54) is 11.1 Å². The van der Waals surface area contributed by atoms with Gasteiger partial charge in [0, 0.05) is 34.7 Å². The molecule has 0 saturated heterocycles. The van der Waals surface area contributed by atoms with Crippen LogP contribution in [0.1, 0.15) is 16.7 Å². The van der Waals surface area contributed by atoms with Gasteiger partial charge in [-0.2, -0.15) is 0 Å². The summed E-state index contributed by atoms with van der Waals surface area (Å²) < 4.78 is 0.896. The van der Waals surface area contributed by atoms with Crippen LogP contribution in [0.25, 0.3) is 0 Å². The van der Waals surface area contributed by atoms with Crippen molar-refractivity contribution < 1.29 is 0 Å². The molecule has 0 spiro atoms. The molecule has 0 saturated carbocycles. The molecule has 1 aromatic carbocycles. The number of thiocarbonyl (C=S) groups is 1. The van der Waals surface area contributed by atoms with Crippen LogP contribution in [0.3, 0.4) is 0 Å². The number of hydrogen-bond donors (Lipinski definition) is 2. The quantitative estimate of drug-likeness (QED) is 0.841. The molecule has 0 atom stereocenters. The predicted octanol–water partition coefficient (Wildman–Crippen LogP) is 3.40. The van der Waals surface area contributed by atoms with Gasteiger partial charge >= 0.3 is 0 Å². The summed E-state index contributed by atoms with van der Waals surface area (Å²) >= 11 is 8.44. The van der Waals surface area contributed by atoms with Gasteiger partial charge in [-0.3, -0.25) is 4.98 Å². The van der Waals surface area contributed by atoms with Crippen LogP contribution in [0.5, 0.6) is 0 Å². The van der Waals surface area contributed by atoms with Crippen molar-refractivity contribution in [2.75, 3.05) is 5.32 Å². The van der Waals surface area contributed by atoms with Gasteiger partial charge in [0.05, 0.1) is 0 Å². The van der Waals surface area contributed by atoms with E-state index in [-0.39, 0.29) is 0 Å². The second-order valence-corrected chi connectivity index (χ2v) is 5.51. The maximum absolute atomic E-state index is 5.62. The molecule has 0 fully saturated rings. The summed E-state index contributed by atoms with van der Waals surface area (Å²) in [5.74, 6) is 0. The minimum Gasteiger partial charge on any atom is -0.389 e. The topological polar surface area (TPSA) is 50.9 Å². The molecule has 2 aromatic rings. The Morgan fingerprint density at radius 3 is 2.84 bits per heavy atom. The minimum absolute atomic E-state index is 0.390. The van der Waals surface area contributed by atoms with E-state index in [0.29, 0.717) is 4.99 Å². The zero-order valence-corrected chi connectivity index (χ0v) is 12.9. The van der Waals surface area contributed by atoms with Crippen molar-refractivity contribution in [2.45, 2.75) is 13.5 Å². The normalized spacial score (nSPS) is 10.2. The number of aryl methyl sites for hydroxylation is 1. The van der Waals surface area contributed by atoms with Gasteiger partial charge in [0.1, 0.15) is 4.99 Å². The molecular formula is C14H14BrN3S. The molecule has 2 rings (SSSR count). The Labute approximate surface area is 126 Å². The molecule has 0 amide bonds. The van der Waals surface area contributed by atoms with Crippen molar-refractivity contribution in [3.8, 4) is 0 Å². The molecule has 5 heteroatoms. The van der Waals surface area contributed by atoms with Crippen molar-refractivity contribution in [3.63, 3.8) is 0 Å². The van der Waals surface area contributed by atoms with Crippen molar-refractivity contribution >= 4 is 38.8 Å². The summed E-state index contributed by atoms with van der Waals surface area (Å²) in [4.78, 5) is 4.52. The number of halogens is 1. The van der Waals surface area contributed by atoms with Crippen LogP contribution in [0.4, 0.5) is 5.69 Å². The number of rotatable bonds is 4. The lowest BCUT2D eigenvalue weighted by Crippen LogP contribution is -2.10. The van der Waals surface area contributed by atoms with E-state index in [1.807, 2.05) is 30.5 Å². The van der Waals surface area contributed by atoms with E-state index in [9.17, 15) is 0 Å². The second kappa shape index (κ2) is 6.12. The Bertz CT molecular complexity index is 613. The first-order valence-corrected chi connectivity index (χ1v) is 7.01. The van der Waals surface area contributed by atoms with E-state index >= 15 is 0 Å². The number of pyridine rings is 1. The lowest BCUT2D eigenvalue weighted by atomic mass is 10.1. The third kappa shape index (κ3) is 3.52. The third-order valence-corrected chi connectivity index (χ3v) is 3.74. The molecule has 0 aliphatic heterocycles. The highest BCUT2D eigenvalue weighted by Crippen LogP contribution is 2.22. The highest BCUT2D eigenvalue weighted by Gasteiger charge is 2.04. The molecule has 1 aromatic heterocycles. The summed E-state index contributed by atoms with van der Waals surface area (Å²) in [5.41, 5.74) is 9.88. The number of hydrogen-bond acceptors (Lipinski definition) is 3. The molecule has 3 N–H and O–H groups in total. The maximum atomic E-state index is 5.62. The molecule has 0 aliphatic carbocycles. The van der Waals surface area contributed by atoms with E-state index in [4.69, 9.17) is 18.0 Å². The first kappa shape index (κ1) is 14.0. The van der Waals surface area contributed by atoms with Crippen LogP contribution >= 0.6 is 28.1 Å². The standard InChI is InChI=1S/C14H14BrN3S/c1-9-4-5-17-7-10(9)8-18-11-2-3-12(14(16)19)13(15)6-11/h2-7,18H,8H2,1H3,(H2,16,19). The largest absolute Gasteiger partial charge is 0.389 e. The Balaban J connectivity index is 2.11. The summed E-state index contributed by atoms with van der Waals surface area (Å²) in [6.45, 7) is 2.81. The van der Waals surface area contributed by atoms with E-state index in [2.05, 4.69) is 33.2 Å². The summed E-state index contributed by atoms with van der Waals surface area (Å²) in [7, 11) is 0. The average molecular weight is 336 g/mol. The average Bonchev–Trinajstić information content (AvgIpc) is 2.37. The van der Waals surface area contributed by atoms with Gasteiger partial charge in [-0.25, -0.2) is 0 Å². The van der Waals surface area contributed by atoms with Crippen molar-refractivity contribution in [2.24, 2.45) is 5.73 Å². The summed E-state index contributed by atoms with van der Waals surface area (Å²) in [6.07, 6.45) is 3.67. The lowest BCUT2D eigenvalue weighted by molar-refractivity contribution is 1.08. The Kier molecular flexibility index (Phi) is 4.50. The molecule has 0 aliphatic rings. The predicted molar refractivity (Wildman–Crippen MR) is 86.3 cm³/mol. The Hall–Kier alpha value is -1.46. The highest BCUT2D eigenvalue weighted by atomic mass is 79.9. The van der Waals surface area contributed by atoms with Crippen LogP contribution < -0.4 is 11.1 Å². The number of aromatic nitrogens is 1. The summed E-state index contributed by atoms with van der Waals surface area (Å²) in [5, 5.41) is 3.35. The molecule has 98 valence electrons. The number of nitrogens with two attached hydrogens (primary N) is 1. The molecular weight excluding hydrogens is 322 g/mol. The lowest BCUT2D eigenvalue weighted by Gasteiger charge is -2.10. The van der Waals surface area contributed by atoms with Gasteiger partial charge in [-0.05, 0) is 58.2 Å². The zero-order valence-electron chi connectivity index (χ0n) is 10.5. The van der Waals surface area contributed by atoms with Crippen molar-refractivity contribution in [1.29, 1.82) is 0 Å². The third-order valence-electron chi connectivity index (χ3n) is 2.86. The minimum atomic E-state index is 0.390. The smallest absolute Gasteiger partial charge is 0.105 e. The van der Waals surface area contributed by atoms with Gasteiger partial charge in [0.25, 0.3) is 0 Å². The van der Waals surface area contributed by atoms with Crippen molar-refractivity contribution in [3.05, 3.63) is 57.8 Å². The summed E-state index contributed by atoms with van der Waals surface area (Å²) in [6, 6.07) is 7.85. The number of nitrogens with zero attached hydrogens (tertiary/aromatic N) is 1. The first-order valence-electron chi connectivity index (χ1n) is 5.80. The van der Waals surface area contributed by atoms with E-state index < -0.39 is 0 Å². The molecule has 19 heavy (non-hydrogen) atoms. The number of nitrogens with one attached hydrogen (secondary N) is 1. The maximum Gasteiger partial charge on any atom is 0.105 e. The van der Waals surface area contributed by atoms with Crippen LogP contribution in [-0.2, 0) is 6.54 Å². The van der Waals surface area contributed by atoms with E-state index in [1.54, 1.807) is 6.20 Å². The second-order valence-electron chi connectivity index (χ2n) is 4.21. The molecule has 0 unspecified atom stereocenters. The SMILES string of the molecule is Cc1ccncc1CNc1ccc(C(N)=S)c(Br)c1. The Morgan fingerprint density at radius 1 is 1.42 bits per heavy atom. The molecule has 1 heterocycles. The molecule has 3 nitrogen and oxygen atoms in total. The fourth-order valence-corrected chi connectivity index (χ4v) is 2.61. The van der Waals surface area contributed by atoms with Crippen LogP contribution in [0.15, 0.2) is 41.1 Å². The van der Waals surface area contributed by atoms with Gasteiger partial charge in [-0.15, -0.1) is 0 Å². The van der Waals surface area contributed by atoms with Crippen molar-refractivity contribution in [1.82, 2.24) is 4.98 Å². The fraction of sp³-hybridized carbons (Fsp3) is 0.143. The number of anilines is 1. The first-order chi connectivity index (χ1) is 9.08.